The molecule has 0 bridgehead atoms. The van der Waals surface area contributed by atoms with Crippen LogP contribution in [-0.2, 0) is 11.3 Å². The number of aromatic amines is 1. The quantitative estimate of drug-likeness (QED) is 0.286. The molecule has 2 aromatic carbocycles. The molecule has 0 fully saturated rings. The number of aromatic hydroxyl groups is 1. The average molecular weight is 487 g/mol. The van der Waals surface area contributed by atoms with Gasteiger partial charge in [-0.15, -0.1) is 11.3 Å². The minimum Gasteiger partial charge on any atom is -0.501 e. The number of hydrogen-bond acceptors (Lipinski definition) is 7. The van der Waals surface area contributed by atoms with Gasteiger partial charge in [-0.1, -0.05) is 42.5 Å². The third kappa shape index (κ3) is 4.15. The van der Waals surface area contributed by atoms with Crippen molar-refractivity contribution in [3.05, 3.63) is 81.4 Å². The number of carboxylic acids is 1. The summed E-state index contributed by atoms with van der Waals surface area (Å²) in [7, 11) is 0. The van der Waals surface area contributed by atoms with Gasteiger partial charge in [0.1, 0.15) is 18.2 Å². The van der Waals surface area contributed by atoms with Crippen molar-refractivity contribution in [1.29, 1.82) is 0 Å². The molecule has 10 nitrogen and oxygen atoms in total. The molecule has 5 rings (SSSR count). The average Bonchev–Trinajstić information content (AvgIpc) is 3.46. The van der Waals surface area contributed by atoms with Gasteiger partial charge in [0.2, 0.25) is 11.7 Å². The van der Waals surface area contributed by atoms with Crippen LogP contribution in [0, 0.1) is 0 Å². The van der Waals surface area contributed by atoms with Gasteiger partial charge in [0.05, 0.1) is 22.3 Å². The van der Waals surface area contributed by atoms with Crippen LogP contribution in [0.4, 0.5) is 5.69 Å². The number of benzene rings is 2. The highest BCUT2D eigenvalue weighted by Gasteiger charge is 2.21. The number of rotatable bonds is 6. The van der Waals surface area contributed by atoms with Gasteiger partial charge in [-0.3, -0.25) is 9.59 Å². The van der Waals surface area contributed by atoms with Gasteiger partial charge in [-0.25, -0.2) is 14.8 Å². The molecule has 0 saturated carbocycles. The molecule has 174 valence electrons. The van der Waals surface area contributed by atoms with E-state index in [1.807, 2.05) is 59.2 Å². The van der Waals surface area contributed by atoms with Crippen LogP contribution >= 0.6 is 11.3 Å². The van der Waals surface area contributed by atoms with Crippen LogP contribution in [-0.4, -0.2) is 41.6 Å². The van der Waals surface area contributed by atoms with E-state index in [1.165, 1.54) is 11.3 Å². The molecule has 11 heteroatoms. The summed E-state index contributed by atoms with van der Waals surface area (Å²) in [6.07, 6.45) is 0. The minimum atomic E-state index is -1.55. The van der Waals surface area contributed by atoms with E-state index in [-0.39, 0.29) is 18.3 Å². The maximum Gasteiger partial charge on any atom is 0.358 e. The predicted octanol–water partition coefficient (Wildman–Crippen LogP) is 3.56. The summed E-state index contributed by atoms with van der Waals surface area (Å²) in [4.78, 5) is 47.3. The molecule has 0 aliphatic heterocycles. The second-order valence-corrected chi connectivity index (χ2v) is 8.28. The number of nitrogens with one attached hydrogen (secondary N) is 2. The second-order valence-electron chi connectivity index (χ2n) is 7.54. The Kier molecular flexibility index (Phi) is 5.59. The van der Waals surface area contributed by atoms with Crippen molar-refractivity contribution in [2.75, 3.05) is 5.32 Å². The molecule has 3 aromatic heterocycles. The Morgan fingerprint density at radius 1 is 1.03 bits per heavy atom. The fraction of sp³-hybridized carbons (Fsp3) is 0.0417. The molecular formula is C24H17N5O5S. The largest absolute Gasteiger partial charge is 0.501 e. The zero-order valence-corrected chi connectivity index (χ0v) is 18.7. The smallest absolute Gasteiger partial charge is 0.358 e. The maximum absolute atomic E-state index is 13.1. The Labute approximate surface area is 201 Å². The lowest BCUT2D eigenvalue weighted by molar-refractivity contribution is -0.116. The van der Waals surface area contributed by atoms with E-state index >= 15 is 0 Å². The van der Waals surface area contributed by atoms with Crippen molar-refractivity contribution in [3.63, 3.8) is 0 Å². The number of hydrogen-bond donors (Lipinski definition) is 4. The molecular weight excluding hydrogens is 470 g/mol. The molecule has 0 atom stereocenters. The molecule has 0 aliphatic rings. The highest BCUT2D eigenvalue weighted by Crippen LogP contribution is 2.30. The summed E-state index contributed by atoms with van der Waals surface area (Å²) in [6, 6.07) is 17.0. The highest BCUT2D eigenvalue weighted by atomic mass is 32.1. The van der Waals surface area contributed by atoms with Gasteiger partial charge in [0.15, 0.2) is 5.69 Å². The highest BCUT2D eigenvalue weighted by molar-refractivity contribution is 7.08. The fourth-order valence-corrected chi connectivity index (χ4v) is 4.46. The molecule has 1 amide bonds. The van der Waals surface area contributed by atoms with Crippen molar-refractivity contribution in [2.24, 2.45) is 0 Å². The summed E-state index contributed by atoms with van der Waals surface area (Å²) in [5, 5.41) is 25.0. The summed E-state index contributed by atoms with van der Waals surface area (Å²) in [5.41, 5.74) is 1.31. The number of carbonyl (C=O) groups is 2. The van der Waals surface area contributed by atoms with Crippen molar-refractivity contribution in [3.8, 4) is 28.5 Å². The summed E-state index contributed by atoms with van der Waals surface area (Å²) < 4.78 is 1.81. The Balaban J connectivity index is 1.48. The number of carbonyl (C=O) groups excluding carboxylic acids is 1. The molecule has 35 heavy (non-hydrogen) atoms. The van der Waals surface area contributed by atoms with Crippen LogP contribution < -0.4 is 10.9 Å². The number of nitrogens with zero attached hydrogens (tertiary/aromatic N) is 3. The molecule has 4 N–H and O–H groups in total. The maximum atomic E-state index is 13.1. The van der Waals surface area contributed by atoms with Gasteiger partial charge in [0.25, 0.3) is 5.56 Å². The van der Waals surface area contributed by atoms with E-state index < -0.39 is 23.0 Å². The molecule has 0 unspecified atom stereocenters. The fourth-order valence-electron chi connectivity index (χ4n) is 3.70. The van der Waals surface area contributed by atoms with Crippen LogP contribution in [0.1, 0.15) is 10.5 Å². The van der Waals surface area contributed by atoms with Crippen molar-refractivity contribution >= 4 is 39.9 Å². The van der Waals surface area contributed by atoms with Gasteiger partial charge < -0.3 is 25.1 Å². The number of anilines is 1. The number of carboxylic acid groups (broad SMARTS) is 1. The Bertz CT molecular complexity index is 1640. The van der Waals surface area contributed by atoms with Crippen LogP contribution in [0.2, 0.25) is 0 Å². The predicted molar refractivity (Wildman–Crippen MR) is 131 cm³/mol. The summed E-state index contributed by atoms with van der Waals surface area (Å²) in [6.45, 7) is -0.0417. The van der Waals surface area contributed by atoms with Gasteiger partial charge >= 0.3 is 5.97 Å². The van der Waals surface area contributed by atoms with Gasteiger partial charge in [0, 0.05) is 16.3 Å². The standard InChI is InChI=1S/C24H17N5O5S/c30-18(10-29-17-9-5-4-8-15(17)26-22(29)13-6-2-1-3-7-13)25-16-12-35-11-14(16)21-27-19(24(33)34)20(31)23(32)28-21/h1-9,11-12,31H,10H2,(H,25,30)(H,33,34)(H,27,28,32). The number of imidazole rings is 1. The van der Waals surface area contributed by atoms with Crippen LogP contribution in [0.5, 0.6) is 5.75 Å². The summed E-state index contributed by atoms with van der Waals surface area (Å²) >= 11 is 1.23. The van der Waals surface area contributed by atoms with E-state index in [0.717, 1.165) is 16.6 Å². The number of fused-ring (bicyclic) bond motifs is 1. The van der Waals surface area contributed by atoms with E-state index in [4.69, 9.17) is 4.98 Å². The SMILES string of the molecule is O=C(Cn1c(-c2ccccc2)nc2ccccc21)Nc1cscc1-c1nc(C(=O)O)c(O)c(=O)[nH]1. The lowest BCUT2D eigenvalue weighted by Crippen LogP contribution is -2.20. The van der Waals surface area contributed by atoms with Gasteiger partial charge in [-0.05, 0) is 12.1 Å². The first-order chi connectivity index (χ1) is 16.9. The van der Waals surface area contributed by atoms with Crippen molar-refractivity contribution in [2.45, 2.75) is 6.54 Å². The zero-order valence-electron chi connectivity index (χ0n) is 17.9. The van der Waals surface area contributed by atoms with Crippen LogP contribution in [0.3, 0.4) is 0 Å². The number of thiophene rings is 1. The number of H-pyrrole nitrogens is 1. The first-order valence-corrected chi connectivity index (χ1v) is 11.3. The lowest BCUT2D eigenvalue weighted by Gasteiger charge is -2.11. The topological polar surface area (TPSA) is 150 Å². The Hall–Kier alpha value is -4.77. The number of aromatic nitrogens is 4. The summed E-state index contributed by atoms with van der Waals surface area (Å²) in [5.74, 6) is -2.33. The molecule has 5 aromatic rings. The first-order valence-electron chi connectivity index (χ1n) is 10.4. The monoisotopic (exact) mass is 487 g/mol. The molecule has 0 saturated heterocycles. The first kappa shape index (κ1) is 22.0. The van der Waals surface area contributed by atoms with Gasteiger partial charge in [-0.2, -0.15) is 0 Å². The molecule has 3 heterocycles. The second kappa shape index (κ2) is 8.88. The van der Waals surface area contributed by atoms with E-state index in [9.17, 15) is 24.6 Å². The molecule has 0 spiro atoms. The van der Waals surface area contributed by atoms with E-state index in [0.29, 0.717) is 17.1 Å². The van der Waals surface area contributed by atoms with Crippen LogP contribution in [0.25, 0.3) is 33.8 Å². The molecule has 0 aliphatic carbocycles. The van der Waals surface area contributed by atoms with Crippen LogP contribution in [0.15, 0.2) is 70.2 Å². The zero-order chi connectivity index (χ0) is 24.5. The van der Waals surface area contributed by atoms with E-state index in [1.54, 1.807) is 10.8 Å². The molecule has 0 radical (unpaired) electrons. The number of para-hydroxylation sites is 2. The Morgan fingerprint density at radius 3 is 2.54 bits per heavy atom. The lowest BCUT2D eigenvalue weighted by atomic mass is 10.2. The van der Waals surface area contributed by atoms with Crippen molar-refractivity contribution in [1.82, 2.24) is 19.5 Å². The Morgan fingerprint density at radius 2 is 1.77 bits per heavy atom. The number of aromatic carboxylic acids is 1. The third-order valence-corrected chi connectivity index (χ3v) is 6.02. The minimum absolute atomic E-state index is 0.0417. The van der Waals surface area contributed by atoms with Crippen molar-refractivity contribution < 1.29 is 19.8 Å². The normalized spacial score (nSPS) is 11.0. The van der Waals surface area contributed by atoms with E-state index in [2.05, 4.69) is 15.3 Å². The number of amides is 1. The third-order valence-electron chi connectivity index (χ3n) is 5.28.